The van der Waals surface area contributed by atoms with Gasteiger partial charge in [0.1, 0.15) is 11.6 Å². The Morgan fingerprint density at radius 1 is 1.41 bits per heavy atom. The van der Waals surface area contributed by atoms with Crippen molar-refractivity contribution in [2.75, 3.05) is 18.3 Å². The third kappa shape index (κ3) is 4.77. The largest absolute Gasteiger partial charge is 0.481 e. The first-order chi connectivity index (χ1) is 8.05. The summed E-state index contributed by atoms with van der Waals surface area (Å²) in [4.78, 5) is 8.46. The van der Waals surface area contributed by atoms with Crippen molar-refractivity contribution in [2.45, 2.75) is 33.2 Å². The molecule has 1 heterocycles. The molecule has 0 aromatic carbocycles. The Hall–Kier alpha value is -1.03. The van der Waals surface area contributed by atoms with Crippen LogP contribution in [0.3, 0.4) is 0 Å². The van der Waals surface area contributed by atoms with Crippen molar-refractivity contribution in [3.05, 3.63) is 11.9 Å². The summed E-state index contributed by atoms with van der Waals surface area (Å²) >= 11 is 5.94. The Kier molecular flexibility index (Phi) is 5.48. The molecule has 0 saturated heterocycles. The number of methoxy groups -OCH3 is 1. The van der Waals surface area contributed by atoms with Crippen LogP contribution in [0.2, 0.25) is 0 Å². The lowest BCUT2D eigenvalue weighted by Crippen LogP contribution is -2.24. The van der Waals surface area contributed by atoms with Crippen LogP contribution in [0.15, 0.2) is 6.07 Å². The van der Waals surface area contributed by atoms with Crippen molar-refractivity contribution in [3.8, 4) is 5.88 Å². The zero-order valence-electron chi connectivity index (χ0n) is 10.8. The number of aromatic nitrogens is 2. The molecule has 0 aliphatic carbocycles. The second-order valence-electron chi connectivity index (χ2n) is 4.47. The Labute approximate surface area is 108 Å². The van der Waals surface area contributed by atoms with Crippen LogP contribution in [0, 0.1) is 12.8 Å². The fourth-order valence-electron chi connectivity index (χ4n) is 1.66. The maximum atomic E-state index is 5.94. The van der Waals surface area contributed by atoms with Crippen molar-refractivity contribution < 1.29 is 4.74 Å². The van der Waals surface area contributed by atoms with Gasteiger partial charge < -0.3 is 10.1 Å². The summed E-state index contributed by atoms with van der Waals surface area (Å²) in [6.45, 7) is 6.19. The van der Waals surface area contributed by atoms with E-state index >= 15 is 0 Å². The minimum Gasteiger partial charge on any atom is -0.481 e. The fourth-order valence-corrected chi connectivity index (χ4v) is 1.86. The molecule has 0 bridgehead atoms. The van der Waals surface area contributed by atoms with Gasteiger partial charge in [-0.1, -0.05) is 13.8 Å². The molecule has 0 saturated carbocycles. The molecular formula is C12H20ClN3O. The van der Waals surface area contributed by atoms with E-state index in [2.05, 4.69) is 29.1 Å². The molecule has 5 heteroatoms. The van der Waals surface area contributed by atoms with E-state index in [0.29, 0.717) is 23.5 Å². The zero-order chi connectivity index (χ0) is 12.8. The van der Waals surface area contributed by atoms with Crippen LogP contribution in [0.1, 0.15) is 26.1 Å². The quantitative estimate of drug-likeness (QED) is 0.796. The van der Waals surface area contributed by atoms with Gasteiger partial charge >= 0.3 is 0 Å². The van der Waals surface area contributed by atoms with E-state index in [0.717, 1.165) is 12.2 Å². The molecule has 0 aliphatic rings. The summed E-state index contributed by atoms with van der Waals surface area (Å²) in [7, 11) is 1.60. The second kappa shape index (κ2) is 6.64. The lowest BCUT2D eigenvalue weighted by atomic mass is 10.1. The van der Waals surface area contributed by atoms with E-state index in [-0.39, 0.29) is 6.04 Å². The second-order valence-corrected chi connectivity index (χ2v) is 4.78. The molecule has 0 aliphatic heterocycles. The molecule has 0 spiro atoms. The number of aryl methyl sites for hydroxylation is 1. The van der Waals surface area contributed by atoms with Crippen LogP contribution in [-0.2, 0) is 0 Å². The molecule has 17 heavy (non-hydrogen) atoms. The molecule has 0 radical (unpaired) electrons. The van der Waals surface area contributed by atoms with Crippen molar-refractivity contribution in [2.24, 2.45) is 5.92 Å². The standard InChI is InChI=1S/C12H20ClN3O/c1-8(2)5-10(7-13)16-11-6-12(17-4)15-9(3)14-11/h6,8,10H,5,7H2,1-4H3,(H,14,15,16). The minimum absolute atomic E-state index is 0.218. The summed E-state index contributed by atoms with van der Waals surface area (Å²) < 4.78 is 5.11. The van der Waals surface area contributed by atoms with Crippen molar-refractivity contribution in [3.63, 3.8) is 0 Å². The topological polar surface area (TPSA) is 47.0 Å². The highest BCUT2D eigenvalue weighted by atomic mass is 35.5. The summed E-state index contributed by atoms with van der Waals surface area (Å²) in [5.74, 6) is 3.17. The lowest BCUT2D eigenvalue weighted by molar-refractivity contribution is 0.395. The first-order valence-electron chi connectivity index (χ1n) is 5.77. The zero-order valence-corrected chi connectivity index (χ0v) is 11.6. The summed E-state index contributed by atoms with van der Waals surface area (Å²) in [6, 6.07) is 2.00. The molecule has 1 aromatic rings. The Morgan fingerprint density at radius 2 is 2.12 bits per heavy atom. The first-order valence-corrected chi connectivity index (χ1v) is 6.30. The minimum atomic E-state index is 0.218. The first kappa shape index (κ1) is 14.0. The number of nitrogens with one attached hydrogen (secondary N) is 1. The van der Waals surface area contributed by atoms with Crippen LogP contribution in [0.4, 0.5) is 5.82 Å². The highest BCUT2D eigenvalue weighted by Crippen LogP contribution is 2.16. The van der Waals surface area contributed by atoms with E-state index in [9.17, 15) is 0 Å². The van der Waals surface area contributed by atoms with Crippen LogP contribution < -0.4 is 10.1 Å². The predicted molar refractivity (Wildman–Crippen MR) is 70.9 cm³/mol. The van der Waals surface area contributed by atoms with Crippen molar-refractivity contribution >= 4 is 17.4 Å². The highest BCUT2D eigenvalue weighted by Gasteiger charge is 2.11. The summed E-state index contributed by atoms with van der Waals surface area (Å²) in [6.07, 6.45) is 1.01. The average Bonchev–Trinajstić information content (AvgIpc) is 2.26. The van der Waals surface area contributed by atoms with Crippen molar-refractivity contribution in [1.29, 1.82) is 0 Å². The SMILES string of the molecule is COc1cc(NC(CCl)CC(C)C)nc(C)n1. The number of anilines is 1. The van der Waals surface area contributed by atoms with Crippen LogP contribution in [0.25, 0.3) is 0 Å². The van der Waals surface area contributed by atoms with E-state index in [1.54, 1.807) is 13.2 Å². The van der Waals surface area contributed by atoms with Gasteiger partial charge in [-0.2, -0.15) is 4.98 Å². The van der Waals surface area contributed by atoms with E-state index in [1.165, 1.54) is 0 Å². The summed E-state index contributed by atoms with van der Waals surface area (Å²) in [5.41, 5.74) is 0. The van der Waals surface area contributed by atoms with Gasteiger partial charge in [0.05, 0.1) is 7.11 Å². The Morgan fingerprint density at radius 3 is 2.65 bits per heavy atom. The molecule has 1 unspecified atom stereocenters. The number of hydrogen-bond acceptors (Lipinski definition) is 4. The van der Waals surface area contributed by atoms with Crippen LogP contribution >= 0.6 is 11.6 Å². The molecule has 0 fully saturated rings. The smallest absolute Gasteiger partial charge is 0.218 e. The molecule has 1 rings (SSSR count). The molecule has 1 atom stereocenters. The van der Waals surface area contributed by atoms with E-state index in [4.69, 9.17) is 16.3 Å². The summed E-state index contributed by atoms with van der Waals surface area (Å²) in [5, 5.41) is 3.31. The number of halogens is 1. The fraction of sp³-hybridized carbons (Fsp3) is 0.667. The van der Waals surface area contributed by atoms with Gasteiger partial charge in [-0.15, -0.1) is 11.6 Å². The van der Waals surface area contributed by atoms with Gasteiger partial charge in [0.15, 0.2) is 0 Å². The lowest BCUT2D eigenvalue weighted by Gasteiger charge is -2.19. The Bertz CT molecular complexity index is 358. The van der Waals surface area contributed by atoms with Gasteiger partial charge in [0.2, 0.25) is 5.88 Å². The molecule has 1 N–H and O–H groups in total. The highest BCUT2D eigenvalue weighted by molar-refractivity contribution is 6.18. The maximum Gasteiger partial charge on any atom is 0.218 e. The van der Waals surface area contributed by atoms with Gasteiger partial charge in [-0.25, -0.2) is 4.98 Å². The van der Waals surface area contributed by atoms with Gasteiger partial charge in [0.25, 0.3) is 0 Å². The van der Waals surface area contributed by atoms with Crippen LogP contribution in [0.5, 0.6) is 5.88 Å². The van der Waals surface area contributed by atoms with Gasteiger partial charge in [0, 0.05) is 18.0 Å². The molecule has 0 amide bonds. The predicted octanol–water partition coefficient (Wildman–Crippen LogP) is 2.86. The molecule has 1 aromatic heterocycles. The number of rotatable bonds is 6. The monoisotopic (exact) mass is 257 g/mol. The number of nitrogens with zero attached hydrogens (tertiary/aromatic N) is 2. The molecular weight excluding hydrogens is 238 g/mol. The molecule has 4 nitrogen and oxygen atoms in total. The van der Waals surface area contributed by atoms with Gasteiger partial charge in [-0.05, 0) is 19.3 Å². The number of alkyl halides is 1. The normalized spacial score (nSPS) is 12.6. The molecule has 96 valence electrons. The van der Waals surface area contributed by atoms with Gasteiger partial charge in [-0.3, -0.25) is 0 Å². The Balaban J connectivity index is 2.74. The van der Waals surface area contributed by atoms with Crippen molar-refractivity contribution in [1.82, 2.24) is 9.97 Å². The maximum absolute atomic E-state index is 5.94. The third-order valence-electron chi connectivity index (χ3n) is 2.32. The van der Waals surface area contributed by atoms with Crippen LogP contribution in [-0.4, -0.2) is 29.0 Å². The van der Waals surface area contributed by atoms with E-state index in [1.807, 2.05) is 6.92 Å². The number of ether oxygens (including phenoxy) is 1. The average molecular weight is 258 g/mol. The third-order valence-corrected chi connectivity index (χ3v) is 2.69. The van der Waals surface area contributed by atoms with E-state index < -0.39 is 0 Å². The number of hydrogen-bond donors (Lipinski definition) is 1.